The molecule has 0 aliphatic heterocycles. The predicted octanol–water partition coefficient (Wildman–Crippen LogP) is 7.35. The van der Waals surface area contributed by atoms with Crippen molar-refractivity contribution in [2.75, 3.05) is 25.0 Å². The Bertz CT molecular complexity index is 1340. The van der Waals surface area contributed by atoms with Crippen molar-refractivity contribution < 1.29 is 33.7 Å². The van der Waals surface area contributed by atoms with Crippen LogP contribution in [0.4, 0.5) is 0 Å². The maximum atomic E-state index is 11.0. The van der Waals surface area contributed by atoms with Crippen LogP contribution in [0.25, 0.3) is 0 Å². The molecule has 0 amide bonds. The summed E-state index contributed by atoms with van der Waals surface area (Å²) in [6.07, 6.45) is 17.5. The van der Waals surface area contributed by atoms with Gasteiger partial charge in [0.05, 0.1) is 25.0 Å². The highest BCUT2D eigenvalue weighted by Crippen LogP contribution is 2.35. The molecule has 0 spiro atoms. The molecule has 0 aromatic rings. The smallest absolute Gasteiger partial charge is 0.208 e. The molecule has 4 aliphatic rings. The molecular formula is C39H88N4O8S4. The summed E-state index contributed by atoms with van der Waals surface area (Å²) < 4.78 is 97.8. The van der Waals surface area contributed by atoms with Crippen LogP contribution in [-0.4, -0.2) is 82.9 Å². The number of sulfonamides is 4. The highest BCUT2D eigenvalue weighted by molar-refractivity contribution is 7.89. The first-order valence-corrected chi connectivity index (χ1v) is 27.0. The molecule has 0 radical (unpaired) electrons. The zero-order valence-electron chi connectivity index (χ0n) is 34.3. The maximum absolute atomic E-state index is 11.0. The van der Waals surface area contributed by atoms with Crippen LogP contribution < -0.4 is 18.9 Å². The van der Waals surface area contributed by atoms with E-state index in [0.717, 1.165) is 101 Å². The van der Waals surface area contributed by atoms with E-state index in [1.807, 2.05) is 0 Å². The van der Waals surface area contributed by atoms with Crippen LogP contribution in [0, 0.1) is 47.3 Å². The quantitative estimate of drug-likeness (QED) is 0.157. The van der Waals surface area contributed by atoms with Gasteiger partial charge >= 0.3 is 0 Å². The fraction of sp³-hybridized carbons (Fsp3) is 1.00. The van der Waals surface area contributed by atoms with E-state index in [2.05, 4.69) is 74.3 Å². The molecule has 4 rings (SSSR count). The van der Waals surface area contributed by atoms with Crippen molar-refractivity contribution >= 4 is 40.1 Å². The Morgan fingerprint density at radius 2 is 0.509 bits per heavy atom. The van der Waals surface area contributed by atoms with E-state index in [1.165, 1.54) is 25.0 Å². The Morgan fingerprint density at radius 3 is 0.673 bits per heavy atom. The van der Waals surface area contributed by atoms with Gasteiger partial charge in [-0.1, -0.05) is 77.7 Å². The van der Waals surface area contributed by atoms with Gasteiger partial charge in [0.25, 0.3) is 0 Å². The van der Waals surface area contributed by atoms with Crippen molar-refractivity contribution in [3.63, 3.8) is 0 Å². The molecular weight excluding hydrogens is 781 g/mol. The van der Waals surface area contributed by atoms with Crippen LogP contribution in [0.3, 0.4) is 0 Å². The highest BCUT2D eigenvalue weighted by atomic mass is 32.2. The van der Waals surface area contributed by atoms with E-state index in [-0.39, 0.29) is 46.4 Å². The lowest BCUT2D eigenvalue weighted by atomic mass is 9.74. The zero-order chi connectivity index (χ0) is 40.2. The molecule has 0 heterocycles. The summed E-state index contributed by atoms with van der Waals surface area (Å²) in [5.41, 5.74) is 0. The van der Waals surface area contributed by atoms with Crippen molar-refractivity contribution in [1.82, 2.24) is 18.9 Å². The summed E-state index contributed by atoms with van der Waals surface area (Å²) >= 11 is 0. The van der Waals surface area contributed by atoms with Gasteiger partial charge < -0.3 is 0 Å². The van der Waals surface area contributed by atoms with Gasteiger partial charge in [-0.15, -0.1) is 0 Å². The minimum atomic E-state index is -3.01. The Hall–Kier alpha value is -0.360. The van der Waals surface area contributed by atoms with Crippen LogP contribution in [0.1, 0.15) is 155 Å². The van der Waals surface area contributed by atoms with E-state index in [4.69, 9.17) is 0 Å². The monoisotopic (exact) mass is 869 g/mol. The summed E-state index contributed by atoms with van der Waals surface area (Å²) in [4.78, 5) is 0. The third kappa shape index (κ3) is 27.9. The van der Waals surface area contributed by atoms with Crippen LogP contribution in [-0.2, 0) is 40.1 Å². The summed E-state index contributed by atoms with van der Waals surface area (Å²) in [7, 11) is -12.0. The van der Waals surface area contributed by atoms with E-state index >= 15 is 0 Å². The summed E-state index contributed by atoms with van der Waals surface area (Å²) in [6.45, 7) is 17.7. The molecule has 12 nitrogen and oxygen atoms in total. The summed E-state index contributed by atoms with van der Waals surface area (Å²) in [5, 5.41) is 0. The number of rotatable bonds is 12. The SMILES string of the molecule is C.C.C.CC(C)C1CC(NS(C)(=O)=O)C1.CC(C)C1CC(NS(C)(=O)=O)C1.CC(C)C1CCC(NS(C)(=O)=O)CC1.CC(C)C1CCC(NS(C)(=O)=O)CC1. The Kier molecular flexibility index (Phi) is 27.8. The van der Waals surface area contributed by atoms with Crippen molar-refractivity contribution in [2.24, 2.45) is 47.3 Å². The second-order valence-electron chi connectivity index (χ2n) is 17.6. The molecule has 0 bridgehead atoms. The van der Waals surface area contributed by atoms with Crippen molar-refractivity contribution in [3.05, 3.63) is 0 Å². The summed E-state index contributed by atoms with van der Waals surface area (Å²) in [5.74, 6) is 5.82. The topological polar surface area (TPSA) is 185 Å². The van der Waals surface area contributed by atoms with Crippen LogP contribution in [0.5, 0.6) is 0 Å². The Labute approximate surface area is 342 Å². The van der Waals surface area contributed by atoms with E-state index in [9.17, 15) is 33.7 Å². The minimum absolute atomic E-state index is 0. The van der Waals surface area contributed by atoms with Crippen LogP contribution in [0.15, 0.2) is 0 Å². The molecule has 0 atom stereocenters. The number of nitrogens with one attached hydrogen (secondary N) is 4. The predicted molar refractivity (Wildman–Crippen MR) is 236 cm³/mol. The molecule has 16 heteroatoms. The standard InChI is InChI=1S/2C10H21NO2S.2C8H17NO2S.3CH4/c2*1-8(2)9-4-6-10(7-5-9)11-14(3,12)13;2*1-6(2)7-4-8(5-7)9-12(3,10)11;;;/h2*8-11H,4-7H2,1-3H3;2*6-9H,4-5H2,1-3H3;3*1H4. The van der Waals surface area contributed by atoms with Crippen molar-refractivity contribution in [2.45, 2.75) is 179 Å². The minimum Gasteiger partial charge on any atom is -0.213 e. The van der Waals surface area contributed by atoms with E-state index in [1.54, 1.807) is 0 Å². The third-order valence-electron chi connectivity index (χ3n) is 11.2. The van der Waals surface area contributed by atoms with Crippen LogP contribution >= 0.6 is 0 Å². The van der Waals surface area contributed by atoms with Gasteiger partial charge in [0.15, 0.2) is 0 Å². The first-order valence-electron chi connectivity index (χ1n) is 19.4. The van der Waals surface area contributed by atoms with Crippen LogP contribution in [0.2, 0.25) is 0 Å². The van der Waals surface area contributed by atoms with Gasteiger partial charge in [0.2, 0.25) is 40.1 Å². The van der Waals surface area contributed by atoms with Gasteiger partial charge in [-0.3, -0.25) is 0 Å². The van der Waals surface area contributed by atoms with E-state index < -0.39 is 40.1 Å². The Morgan fingerprint density at radius 1 is 0.327 bits per heavy atom. The lowest BCUT2D eigenvalue weighted by molar-refractivity contribution is 0.187. The lowest BCUT2D eigenvalue weighted by Gasteiger charge is -2.37. The Balaban J connectivity index is -0.000000645. The second kappa shape index (κ2) is 26.0. The molecule has 336 valence electrons. The molecule has 0 unspecified atom stereocenters. The molecule has 0 aromatic heterocycles. The first kappa shape index (κ1) is 59.0. The normalized spacial score (nSPS) is 28.2. The van der Waals surface area contributed by atoms with Gasteiger partial charge in [0, 0.05) is 24.2 Å². The van der Waals surface area contributed by atoms with Gasteiger partial charge in [0.1, 0.15) is 0 Å². The molecule has 4 fully saturated rings. The lowest BCUT2D eigenvalue weighted by Crippen LogP contribution is -2.45. The maximum Gasteiger partial charge on any atom is 0.208 e. The zero-order valence-corrected chi connectivity index (χ0v) is 37.6. The largest absolute Gasteiger partial charge is 0.213 e. The molecule has 0 saturated heterocycles. The number of hydrogen-bond acceptors (Lipinski definition) is 8. The molecule has 4 N–H and O–H groups in total. The second-order valence-corrected chi connectivity index (χ2v) is 24.7. The molecule has 0 aromatic carbocycles. The average Bonchev–Trinajstić information content (AvgIpc) is 2.91. The average molecular weight is 869 g/mol. The van der Waals surface area contributed by atoms with Gasteiger partial charge in [-0.25, -0.2) is 52.6 Å². The third-order valence-corrected chi connectivity index (χ3v) is 14.2. The number of hydrogen-bond donors (Lipinski definition) is 4. The fourth-order valence-electron chi connectivity index (χ4n) is 7.62. The van der Waals surface area contributed by atoms with Gasteiger partial charge in [-0.2, -0.15) is 0 Å². The molecule has 55 heavy (non-hydrogen) atoms. The first-order chi connectivity index (χ1) is 23.5. The van der Waals surface area contributed by atoms with E-state index in [0.29, 0.717) is 23.7 Å². The summed E-state index contributed by atoms with van der Waals surface area (Å²) in [6, 6.07) is 0.764. The molecule has 4 aliphatic carbocycles. The van der Waals surface area contributed by atoms with Gasteiger partial charge in [-0.05, 0) is 124 Å². The highest BCUT2D eigenvalue weighted by Gasteiger charge is 2.33. The fourth-order valence-corrected chi connectivity index (χ4v) is 10.9. The van der Waals surface area contributed by atoms with Crippen molar-refractivity contribution in [3.8, 4) is 0 Å². The molecule has 4 saturated carbocycles. The van der Waals surface area contributed by atoms with Crippen molar-refractivity contribution in [1.29, 1.82) is 0 Å².